The van der Waals surface area contributed by atoms with Gasteiger partial charge in [-0.3, -0.25) is 37.3 Å². The number of rotatable bonds is 80. The third-order valence-corrected chi connectivity index (χ3v) is 21.2. The summed E-state index contributed by atoms with van der Waals surface area (Å²) in [6.07, 6.45) is 62.5. The minimum atomic E-state index is -4.96. The van der Waals surface area contributed by atoms with Crippen LogP contribution in [0.5, 0.6) is 0 Å². The van der Waals surface area contributed by atoms with Crippen LogP contribution in [-0.2, 0) is 65.4 Å². The summed E-state index contributed by atoms with van der Waals surface area (Å²) in [7, 11) is -9.92. The normalized spacial score (nSPS) is 14.2. The molecule has 0 aromatic rings. The predicted molar refractivity (Wildman–Crippen MR) is 409 cm³/mol. The lowest BCUT2D eigenvalue weighted by Crippen LogP contribution is -2.30. The van der Waals surface area contributed by atoms with Gasteiger partial charge in [-0.2, -0.15) is 0 Å². The molecule has 100 heavy (non-hydrogen) atoms. The largest absolute Gasteiger partial charge is 0.472 e. The monoisotopic (exact) mass is 1470 g/mol. The first-order chi connectivity index (χ1) is 48.4. The van der Waals surface area contributed by atoms with Crippen molar-refractivity contribution >= 4 is 39.5 Å². The lowest BCUT2D eigenvalue weighted by Gasteiger charge is -2.21. The maximum atomic E-state index is 13.1. The van der Waals surface area contributed by atoms with Crippen molar-refractivity contribution in [3.63, 3.8) is 0 Å². The Kier molecular flexibility index (Phi) is 71.2. The molecule has 0 aliphatic carbocycles. The lowest BCUT2D eigenvalue weighted by molar-refractivity contribution is -0.161. The zero-order chi connectivity index (χ0) is 73.5. The second-order valence-corrected chi connectivity index (χ2v) is 32.8. The first kappa shape index (κ1) is 98.1. The third kappa shape index (κ3) is 73.0. The number of phosphoric ester groups is 2. The first-order valence-electron chi connectivity index (χ1n) is 42.0. The fraction of sp³-hybridized carbons (Fsp3) is 0.951. The molecule has 0 rings (SSSR count). The number of ether oxygens (including phenoxy) is 4. The van der Waals surface area contributed by atoms with Crippen molar-refractivity contribution in [3.05, 3.63) is 0 Å². The molecule has 3 unspecified atom stereocenters. The molecule has 594 valence electrons. The van der Waals surface area contributed by atoms with E-state index in [0.717, 1.165) is 102 Å². The fourth-order valence-corrected chi connectivity index (χ4v) is 14.1. The van der Waals surface area contributed by atoms with E-state index in [2.05, 4.69) is 41.5 Å². The topological polar surface area (TPSA) is 237 Å². The smallest absolute Gasteiger partial charge is 0.462 e. The van der Waals surface area contributed by atoms with E-state index in [1.165, 1.54) is 244 Å². The summed E-state index contributed by atoms with van der Waals surface area (Å²) in [5.74, 6) is -0.560. The number of hydrogen-bond donors (Lipinski definition) is 3. The highest BCUT2D eigenvalue weighted by Crippen LogP contribution is 2.45. The molecule has 3 N–H and O–H groups in total. The zero-order valence-corrected chi connectivity index (χ0v) is 67.3. The molecule has 0 saturated heterocycles. The quantitative estimate of drug-likeness (QED) is 0.0222. The second kappa shape index (κ2) is 72.6. The van der Waals surface area contributed by atoms with Crippen molar-refractivity contribution in [2.45, 2.75) is 445 Å². The van der Waals surface area contributed by atoms with Gasteiger partial charge in [-0.15, -0.1) is 0 Å². The van der Waals surface area contributed by atoms with Crippen LogP contribution in [0, 0.1) is 11.8 Å². The number of carbonyl (C=O) groups excluding carboxylic acids is 4. The van der Waals surface area contributed by atoms with Crippen LogP contribution in [0.15, 0.2) is 0 Å². The van der Waals surface area contributed by atoms with Gasteiger partial charge >= 0.3 is 39.5 Å². The van der Waals surface area contributed by atoms with Gasteiger partial charge in [0.15, 0.2) is 12.2 Å². The Labute approximate surface area is 613 Å². The van der Waals surface area contributed by atoms with Crippen molar-refractivity contribution < 1.29 is 80.2 Å². The third-order valence-electron chi connectivity index (χ3n) is 19.3. The number of phosphoric acid groups is 2. The van der Waals surface area contributed by atoms with Crippen LogP contribution in [0.25, 0.3) is 0 Å². The Balaban J connectivity index is 5.21. The molecule has 17 nitrogen and oxygen atoms in total. The molecule has 0 radical (unpaired) electrons. The molecule has 19 heteroatoms. The standard InChI is InChI=1S/C81H158O17P2/c1-7-10-12-14-16-18-20-21-22-23-24-25-26-27-28-29-30-36-40-47-53-59-65-80(85)97-76(69-92-79(84)64-58-52-46-39-35-32-31-34-37-43-49-55-61-73(4)5)71-95-99(87,88)93-67-75(82)68-94-100(89,90)96-72-77(70-91-78(83)63-57-51-45-38-33-19-17-15-13-11-8-2)98-81(86)66-60-54-48-42-41-44-50-56-62-74(6)9-3/h73-77,82H,7-72H2,1-6H3,(H,87,88)(H,89,90)/t74?,75-,76-,77-/m1/s1. The first-order valence-corrected chi connectivity index (χ1v) is 45.0. The van der Waals surface area contributed by atoms with Crippen molar-refractivity contribution in [2.75, 3.05) is 39.6 Å². The molecule has 0 amide bonds. The molecule has 0 saturated carbocycles. The molecule has 0 heterocycles. The summed E-state index contributed by atoms with van der Waals surface area (Å²) < 4.78 is 68.7. The van der Waals surface area contributed by atoms with E-state index >= 15 is 0 Å². The Morgan fingerprint density at radius 2 is 0.510 bits per heavy atom. The van der Waals surface area contributed by atoms with E-state index in [-0.39, 0.29) is 25.7 Å². The van der Waals surface area contributed by atoms with Crippen molar-refractivity contribution in [3.8, 4) is 0 Å². The van der Waals surface area contributed by atoms with Crippen LogP contribution in [0.3, 0.4) is 0 Å². The van der Waals surface area contributed by atoms with E-state index in [0.29, 0.717) is 25.7 Å². The zero-order valence-electron chi connectivity index (χ0n) is 65.5. The predicted octanol–water partition coefficient (Wildman–Crippen LogP) is 24.3. The van der Waals surface area contributed by atoms with Gasteiger partial charge in [-0.1, -0.05) is 375 Å². The summed E-state index contributed by atoms with van der Waals surface area (Å²) in [6.45, 7) is 9.63. The van der Waals surface area contributed by atoms with Crippen LogP contribution >= 0.6 is 15.6 Å². The van der Waals surface area contributed by atoms with E-state index < -0.39 is 97.5 Å². The number of unbranched alkanes of at least 4 members (excludes halogenated alkanes) is 49. The molecular weight excluding hydrogens is 1310 g/mol. The number of aliphatic hydroxyl groups is 1. The Morgan fingerprint density at radius 3 is 0.760 bits per heavy atom. The van der Waals surface area contributed by atoms with Crippen LogP contribution in [0.1, 0.15) is 427 Å². The molecule has 0 spiro atoms. The van der Waals surface area contributed by atoms with Gasteiger partial charge in [-0.05, 0) is 37.5 Å². The maximum absolute atomic E-state index is 13.1. The van der Waals surface area contributed by atoms with E-state index in [9.17, 15) is 43.2 Å². The van der Waals surface area contributed by atoms with E-state index in [1.54, 1.807) is 0 Å². The van der Waals surface area contributed by atoms with Crippen LogP contribution in [0.4, 0.5) is 0 Å². The highest BCUT2D eigenvalue weighted by molar-refractivity contribution is 7.47. The molecule has 0 aromatic carbocycles. The minimum absolute atomic E-state index is 0.105. The Hall–Kier alpha value is -1.94. The van der Waals surface area contributed by atoms with Crippen LogP contribution < -0.4 is 0 Å². The lowest BCUT2D eigenvalue weighted by atomic mass is 9.99. The highest BCUT2D eigenvalue weighted by atomic mass is 31.2. The van der Waals surface area contributed by atoms with Gasteiger partial charge in [0.25, 0.3) is 0 Å². The summed E-state index contributed by atoms with van der Waals surface area (Å²) in [5, 5.41) is 10.6. The molecule has 0 aromatic heterocycles. The average molecular weight is 1470 g/mol. The van der Waals surface area contributed by atoms with E-state index in [4.69, 9.17) is 37.0 Å². The highest BCUT2D eigenvalue weighted by Gasteiger charge is 2.30. The van der Waals surface area contributed by atoms with Crippen molar-refractivity contribution in [1.82, 2.24) is 0 Å². The van der Waals surface area contributed by atoms with E-state index in [1.807, 2.05) is 0 Å². The maximum Gasteiger partial charge on any atom is 0.472 e. The number of esters is 4. The van der Waals surface area contributed by atoms with Crippen molar-refractivity contribution in [1.29, 1.82) is 0 Å². The van der Waals surface area contributed by atoms with Gasteiger partial charge in [0.2, 0.25) is 0 Å². The average Bonchev–Trinajstić information content (AvgIpc) is 0.984. The van der Waals surface area contributed by atoms with Crippen molar-refractivity contribution in [2.24, 2.45) is 11.8 Å². The SMILES string of the molecule is CCCCCCCCCCCCCCCCCCCCCCCCC(=O)O[C@H](COC(=O)CCCCCCCCCCCCCCC(C)C)COP(=O)(O)OC[C@@H](O)COP(=O)(O)OC[C@@H](COC(=O)CCCCCCCCCCCCC)OC(=O)CCCCCCCCCCC(C)CC. The second-order valence-electron chi connectivity index (χ2n) is 29.9. The van der Waals surface area contributed by atoms with Crippen LogP contribution in [0.2, 0.25) is 0 Å². The number of aliphatic hydroxyl groups excluding tert-OH is 1. The van der Waals surface area contributed by atoms with Gasteiger partial charge in [0.1, 0.15) is 19.3 Å². The summed E-state index contributed by atoms with van der Waals surface area (Å²) in [4.78, 5) is 73.0. The van der Waals surface area contributed by atoms with Gasteiger partial charge in [0, 0.05) is 25.7 Å². The van der Waals surface area contributed by atoms with Gasteiger partial charge in [-0.25, -0.2) is 9.13 Å². The van der Waals surface area contributed by atoms with Gasteiger partial charge in [0.05, 0.1) is 26.4 Å². The fourth-order valence-electron chi connectivity index (χ4n) is 12.5. The van der Waals surface area contributed by atoms with Gasteiger partial charge < -0.3 is 33.8 Å². The molecule has 0 aliphatic heterocycles. The molecule has 0 fully saturated rings. The molecule has 0 bridgehead atoms. The number of carbonyl (C=O) groups is 4. The minimum Gasteiger partial charge on any atom is -0.462 e. The number of hydrogen-bond acceptors (Lipinski definition) is 15. The molecule has 6 atom stereocenters. The van der Waals surface area contributed by atoms with Crippen LogP contribution in [-0.4, -0.2) is 96.7 Å². The summed E-state index contributed by atoms with van der Waals surface area (Å²) in [6, 6.07) is 0. The molecule has 0 aliphatic rings. The Morgan fingerprint density at radius 1 is 0.290 bits per heavy atom. The Bertz CT molecular complexity index is 1930. The molecular formula is C81H158O17P2. The summed E-state index contributed by atoms with van der Waals surface area (Å²) >= 11 is 0. The summed E-state index contributed by atoms with van der Waals surface area (Å²) in [5.41, 5.74) is 0.